The lowest BCUT2D eigenvalue weighted by molar-refractivity contribution is 0.222. The topological polar surface area (TPSA) is 70.4 Å². The van der Waals surface area contributed by atoms with E-state index in [0.717, 1.165) is 33.7 Å². The first-order valence-electron chi connectivity index (χ1n) is 11.7. The zero-order valence-electron chi connectivity index (χ0n) is 20.5. The minimum absolute atomic E-state index is 0.211. The fourth-order valence-electron chi connectivity index (χ4n) is 4.90. The van der Waals surface area contributed by atoms with Crippen LogP contribution in [0.15, 0.2) is 77.5 Å². The molecule has 0 unspecified atom stereocenters. The molecule has 0 radical (unpaired) electrons. The van der Waals surface area contributed by atoms with Crippen molar-refractivity contribution in [3.63, 3.8) is 0 Å². The molecule has 0 saturated heterocycles. The van der Waals surface area contributed by atoms with Gasteiger partial charge in [0.1, 0.15) is 17.9 Å². The van der Waals surface area contributed by atoms with Gasteiger partial charge < -0.3 is 19.5 Å². The van der Waals surface area contributed by atoms with Crippen LogP contribution in [0.1, 0.15) is 34.4 Å². The van der Waals surface area contributed by atoms with E-state index in [1.54, 1.807) is 14.2 Å². The number of fused-ring (bicyclic) bond motifs is 3. The molecule has 8 heteroatoms. The number of hydrogen-bond donors (Lipinski definition) is 1. The minimum atomic E-state index is -0.386. The summed E-state index contributed by atoms with van der Waals surface area (Å²) < 4.78 is 19.8. The van der Waals surface area contributed by atoms with Gasteiger partial charge in [0.2, 0.25) is 11.1 Å². The number of para-hydroxylation sites is 1. The van der Waals surface area contributed by atoms with Crippen molar-refractivity contribution in [2.24, 2.45) is 0 Å². The highest BCUT2D eigenvalue weighted by Crippen LogP contribution is 2.51. The van der Waals surface area contributed by atoms with Crippen molar-refractivity contribution in [1.29, 1.82) is 0 Å². The number of thioether (sulfide) groups is 1. The van der Waals surface area contributed by atoms with Crippen molar-refractivity contribution >= 4 is 23.4 Å². The molecule has 36 heavy (non-hydrogen) atoms. The molecule has 0 spiro atoms. The number of benzene rings is 3. The molecule has 2 aliphatic rings. The maximum atomic E-state index is 6.72. The molecule has 0 aliphatic carbocycles. The van der Waals surface area contributed by atoms with Crippen molar-refractivity contribution in [3.05, 3.63) is 94.6 Å². The number of hydrogen-bond acceptors (Lipinski definition) is 7. The molecule has 0 fully saturated rings. The highest BCUT2D eigenvalue weighted by Gasteiger charge is 2.41. The largest absolute Gasteiger partial charge is 0.493 e. The Morgan fingerprint density at radius 2 is 1.69 bits per heavy atom. The van der Waals surface area contributed by atoms with Crippen molar-refractivity contribution in [2.45, 2.75) is 24.2 Å². The molecule has 3 aromatic carbocycles. The summed E-state index contributed by atoms with van der Waals surface area (Å²) in [5.74, 6) is 2.85. The standard InChI is InChI=1S/C28H26N4O3S/c1-16-9-11-17(12-10-16)25-23-24(29-27-30-28(36-4)31-32(25)27)19-7-5-6-8-20(19)35-26(23)18-13-14-21(33-2)22(15-18)34-3/h5-15,25-26H,1-4H3,(H,29,30,31)/t25-,26+/m1/s1. The van der Waals surface area contributed by atoms with Gasteiger partial charge in [-0.05, 0) is 43.0 Å². The Labute approximate surface area is 214 Å². The second-order valence-corrected chi connectivity index (χ2v) is 9.52. The highest BCUT2D eigenvalue weighted by molar-refractivity contribution is 7.98. The van der Waals surface area contributed by atoms with Gasteiger partial charge in [-0.15, -0.1) is 5.10 Å². The summed E-state index contributed by atoms with van der Waals surface area (Å²) in [5.41, 5.74) is 6.34. The Bertz CT molecular complexity index is 1480. The van der Waals surface area contributed by atoms with Crippen molar-refractivity contribution in [3.8, 4) is 17.2 Å². The first-order chi connectivity index (χ1) is 17.6. The second-order valence-electron chi connectivity index (χ2n) is 8.74. The number of methoxy groups -OCH3 is 2. The van der Waals surface area contributed by atoms with Gasteiger partial charge in [0.25, 0.3) is 0 Å². The molecule has 2 atom stereocenters. The van der Waals surface area contributed by atoms with E-state index in [-0.39, 0.29) is 12.1 Å². The summed E-state index contributed by atoms with van der Waals surface area (Å²) in [7, 11) is 3.28. The van der Waals surface area contributed by atoms with Gasteiger partial charge in [0.15, 0.2) is 11.5 Å². The normalized spacial score (nSPS) is 17.9. The van der Waals surface area contributed by atoms with Crippen LogP contribution in [-0.4, -0.2) is 35.2 Å². The number of nitrogens with one attached hydrogen (secondary N) is 1. The lowest BCUT2D eigenvalue weighted by Crippen LogP contribution is -2.32. The van der Waals surface area contributed by atoms with Crippen LogP contribution < -0.4 is 19.5 Å². The molecule has 3 heterocycles. The summed E-state index contributed by atoms with van der Waals surface area (Å²) >= 11 is 1.52. The third-order valence-corrected chi connectivity index (χ3v) is 7.18. The van der Waals surface area contributed by atoms with E-state index < -0.39 is 0 Å². The molecule has 0 saturated carbocycles. The van der Waals surface area contributed by atoms with Gasteiger partial charge in [-0.25, -0.2) is 4.68 Å². The molecular formula is C28H26N4O3S. The Balaban J connectivity index is 1.61. The van der Waals surface area contributed by atoms with Gasteiger partial charge in [-0.1, -0.05) is 59.8 Å². The summed E-state index contributed by atoms with van der Waals surface area (Å²) in [6.07, 6.45) is 1.60. The predicted octanol–water partition coefficient (Wildman–Crippen LogP) is 5.89. The zero-order chi connectivity index (χ0) is 24.8. The van der Waals surface area contributed by atoms with Crippen LogP contribution in [0.2, 0.25) is 0 Å². The summed E-state index contributed by atoms with van der Waals surface area (Å²) in [6.45, 7) is 2.09. The van der Waals surface area contributed by atoms with Gasteiger partial charge in [0.05, 0.1) is 19.9 Å². The number of aryl methyl sites for hydroxylation is 1. The molecule has 2 aliphatic heterocycles. The molecule has 7 nitrogen and oxygen atoms in total. The number of ether oxygens (including phenoxy) is 3. The molecule has 6 rings (SSSR count). The van der Waals surface area contributed by atoms with Crippen LogP contribution in [0.3, 0.4) is 0 Å². The first kappa shape index (κ1) is 22.5. The van der Waals surface area contributed by atoms with E-state index in [9.17, 15) is 0 Å². The Hall–Kier alpha value is -3.91. The van der Waals surface area contributed by atoms with Gasteiger partial charge in [-0.3, -0.25) is 0 Å². The molecule has 182 valence electrons. The van der Waals surface area contributed by atoms with Gasteiger partial charge >= 0.3 is 0 Å². The maximum absolute atomic E-state index is 6.72. The van der Waals surface area contributed by atoms with Crippen LogP contribution in [0, 0.1) is 6.92 Å². The quantitative estimate of drug-likeness (QED) is 0.344. The molecule has 1 aromatic heterocycles. The molecule has 0 bridgehead atoms. The average molecular weight is 499 g/mol. The van der Waals surface area contributed by atoms with Crippen molar-refractivity contribution in [2.75, 3.05) is 25.8 Å². The van der Waals surface area contributed by atoms with Crippen LogP contribution in [0.4, 0.5) is 5.95 Å². The Kier molecular flexibility index (Phi) is 5.60. The summed E-state index contributed by atoms with van der Waals surface area (Å²) in [4.78, 5) is 4.77. The van der Waals surface area contributed by atoms with E-state index in [1.807, 2.05) is 47.3 Å². The Morgan fingerprint density at radius 3 is 2.44 bits per heavy atom. The fourth-order valence-corrected chi connectivity index (χ4v) is 5.25. The number of nitrogens with zero attached hydrogens (tertiary/aromatic N) is 3. The summed E-state index contributed by atoms with van der Waals surface area (Å²) in [5, 5.41) is 9.16. The van der Waals surface area contributed by atoms with Crippen molar-refractivity contribution in [1.82, 2.24) is 14.8 Å². The van der Waals surface area contributed by atoms with Gasteiger partial charge in [0, 0.05) is 16.7 Å². The van der Waals surface area contributed by atoms with Crippen LogP contribution in [-0.2, 0) is 0 Å². The SMILES string of the molecule is COc1ccc([C@@H]2Oc3ccccc3C3=C2[C@@H](c2ccc(C)cc2)n2nc(SC)nc2N3)cc1OC. The molecule has 0 amide bonds. The minimum Gasteiger partial charge on any atom is -0.493 e. The molecule has 1 N–H and O–H groups in total. The summed E-state index contributed by atoms with van der Waals surface area (Å²) in [6, 6.07) is 22.4. The number of anilines is 1. The Morgan fingerprint density at radius 1 is 0.944 bits per heavy atom. The van der Waals surface area contributed by atoms with E-state index in [2.05, 4.69) is 42.6 Å². The molecule has 4 aromatic rings. The lowest BCUT2D eigenvalue weighted by Gasteiger charge is -2.39. The number of rotatable bonds is 5. The van der Waals surface area contributed by atoms with E-state index in [0.29, 0.717) is 22.6 Å². The fraction of sp³-hybridized carbons (Fsp3) is 0.214. The highest BCUT2D eigenvalue weighted by atomic mass is 32.2. The van der Waals surface area contributed by atoms with E-state index in [4.69, 9.17) is 24.3 Å². The van der Waals surface area contributed by atoms with Crippen LogP contribution in [0.25, 0.3) is 5.70 Å². The number of aromatic nitrogens is 3. The zero-order valence-corrected chi connectivity index (χ0v) is 21.3. The lowest BCUT2D eigenvalue weighted by atomic mass is 9.84. The van der Waals surface area contributed by atoms with E-state index in [1.165, 1.54) is 17.3 Å². The third kappa shape index (κ3) is 3.60. The van der Waals surface area contributed by atoms with Crippen LogP contribution >= 0.6 is 11.8 Å². The monoisotopic (exact) mass is 498 g/mol. The smallest absolute Gasteiger partial charge is 0.227 e. The maximum Gasteiger partial charge on any atom is 0.227 e. The van der Waals surface area contributed by atoms with E-state index >= 15 is 0 Å². The molecular weight excluding hydrogens is 472 g/mol. The third-order valence-electron chi connectivity index (χ3n) is 6.65. The van der Waals surface area contributed by atoms with Crippen LogP contribution in [0.5, 0.6) is 17.2 Å². The first-order valence-corrected chi connectivity index (χ1v) is 12.9. The second kappa shape index (κ2) is 8.95. The predicted molar refractivity (Wildman–Crippen MR) is 141 cm³/mol. The average Bonchev–Trinajstić information content (AvgIpc) is 3.34. The van der Waals surface area contributed by atoms with Crippen molar-refractivity contribution < 1.29 is 14.2 Å². The van der Waals surface area contributed by atoms with Gasteiger partial charge in [-0.2, -0.15) is 4.98 Å².